The van der Waals surface area contributed by atoms with E-state index in [0.717, 1.165) is 6.42 Å². The molecule has 0 amide bonds. The topological polar surface area (TPSA) is 43.2 Å². The molecule has 1 heterocycles. The van der Waals surface area contributed by atoms with Crippen LogP contribution in [0, 0.1) is 5.92 Å². The van der Waals surface area contributed by atoms with Crippen molar-refractivity contribution >= 4 is 27.7 Å². The van der Waals surface area contributed by atoms with Gasteiger partial charge in [0.1, 0.15) is 12.1 Å². The zero-order valence-corrected chi connectivity index (χ0v) is 12.3. The first-order chi connectivity index (χ1) is 8.13. The maximum absolute atomic E-state index is 5.32. The molecule has 0 unspecified atom stereocenters. The molecule has 5 heteroatoms. The Labute approximate surface area is 111 Å². The van der Waals surface area contributed by atoms with Crippen molar-refractivity contribution in [1.82, 2.24) is 0 Å². The van der Waals surface area contributed by atoms with Gasteiger partial charge >= 0.3 is 0 Å². The van der Waals surface area contributed by atoms with Gasteiger partial charge in [-0.05, 0) is 17.3 Å². The van der Waals surface area contributed by atoms with Gasteiger partial charge in [-0.25, -0.2) is 9.98 Å². The molecule has 0 saturated carbocycles. The van der Waals surface area contributed by atoms with Crippen LogP contribution in [-0.2, 0) is 9.47 Å². The normalized spacial score (nSPS) is 24.8. The van der Waals surface area contributed by atoms with Crippen LogP contribution in [0.2, 0.25) is 0 Å². The number of nitrogens with zero attached hydrogens (tertiary/aromatic N) is 2. The monoisotopic (exact) mass is 302 g/mol. The molecule has 0 saturated heterocycles. The molecule has 0 bridgehead atoms. The lowest BCUT2D eigenvalue weighted by molar-refractivity contribution is 0.333. The molecule has 0 spiro atoms. The Hall–Kier alpha value is -0.840. The summed E-state index contributed by atoms with van der Waals surface area (Å²) in [4.78, 5) is 11.0. The van der Waals surface area contributed by atoms with Crippen molar-refractivity contribution in [3.63, 3.8) is 0 Å². The highest BCUT2D eigenvalue weighted by Crippen LogP contribution is 2.19. The molecule has 17 heavy (non-hydrogen) atoms. The quantitative estimate of drug-likeness (QED) is 0.804. The van der Waals surface area contributed by atoms with E-state index in [-0.39, 0.29) is 12.1 Å². The van der Waals surface area contributed by atoms with Crippen molar-refractivity contribution in [3.05, 3.63) is 11.1 Å². The highest BCUT2D eigenvalue weighted by molar-refractivity contribution is 9.11. The third kappa shape index (κ3) is 3.56. The predicted octanol–water partition coefficient (Wildman–Crippen LogP) is 2.78. The fraction of sp³-hybridized carbons (Fsp3) is 0.667. The smallest absolute Gasteiger partial charge is 0.209 e. The van der Waals surface area contributed by atoms with Gasteiger partial charge in [-0.3, -0.25) is 0 Å². The van der Waals surface area contributed by atoms with E-state index in [1.165, 1.54) is 0 Å². The second kappa shape index (κ2) is 6.79. The Morgan fingerprint density at radius 3 is 2.35 bits per heavy atom. The molecular weight excluding hydrogens is 284 g/mol. The lowest BCUT2D eigenvalue weighted by atomic mass is 10.0. The lowest BCUT2D eigenvalue weighted by Crippen LogP contribution is -2.37. The summed E-state index contributed by atoms with van der Waals surface area (Å²) in [5.41, 5.74) is 0. The van der Waals surface area contributed by atoms with Gasteiger partial charge in [0.05, 0.1) is 14.2 Å². The second-order valence-corrected chi connectivity index (χ2v) is 4.67. The van der Waals surface area contributed by atoms with Gasteiger partial charge in [-0.15, -0.1) is 0 Å². The first kappa shape index (κ1) is 14.2. The van der Waals surface area contributed by atoms with Gasteiger partial charge in [-0.1, -0.05) is 35.9 Å². The van der Waals surface area contributed by atoms with Crippen LogP contribution in [-0.4, -0.2) is 38.1 Å². The summed E-state index contributed by atoms with van der Waals surface area (Å²) in [5.74, 6) is 1.70. The van der Waals surface area contributed by atoms with E-state index in [1.807, 2.05) is 11.1 Å². The molecule has 0 aromatic carbocycles. The highest BCUT2D eigenvalue weighted by Gasteiger charge is 2.30. The standard InChI is InChI=1S/C12H19BrN2O2/c1-8(2)10-12(17-4)14-9(6-5-7-13)11(15-10)16-3/h5,7-10H,6H2,1-4H3/b7-5+/t9-,10+/m1/s1. The van der Waals surface area contributed by atoms with E-state index in [0.29, 0.717) is 17.7 Å². The van der Waals surface area contributed by atoms with Gasteiger partial charge in [-0.2, -0.15) is 0 Å². The van der Waals surface area contributed by atoms with E-state index in [9.17, 15) is 0 Å². The molecule has 1 aliphatic heterocycles. The summed E-state index contributed by atoms with van der Waals surface area (Å²) in [6, 6.07) is -0.127. The SMILES string of the molecule is COC1=N[C@H](C/C=C/Br)C(OC)=N[C@H]1C(C)C. The molecule has 0 aliphatic carbocycles. The molecule has 4 nitrogen and oxygen atoms in total. The first-order valence-corrected chi connectivity index (χ1v) is 6.54. The van der Waals surface area contributed by atoms with Crippen molar-refractivity contribution < 1.29 is 9.47 Å². The molecule has 0 radical (unpaired) electrons. The van der Waals surface area contributed by atoms with Crippen LogP contribution in [0.1, 0.15) is 20.3 Å². The molecule has 0 aromatic heterocycles. The summed E-state index contributed by atoms with van der Waals surface area (Å²) < 4.78 is 10.6. The summed E-state index contributed by atoms with van der Waals surface area (Å²) in [6.45, 7) is 4.18. The highest BCUT2D eigenvalue weighted by atomic mass is 79.9. The van der Waals surface area contributed by atoms with E-state index in [4.69, 9.17) is 9.47 Å². The van der Waals surface area contributed by atoms with Crippen molar-refractivity contribution in [3.8, 4) is 0 Å². The van der Waals surface area contributed by atoms with Crippen LogP contribution >= 0.6 is 15.9 Å². The molecule has 96 valence electrons. The van der Waals surface area contributed by atoms with Crippen LogP contribution in [0.15, 0.2) is 21.0 Å². The molecule has 0 N–H and O–H groups in total. The summed E-state index contributed by atoms with van der Waals surface area (Å²) in [6.07, 6.45) is 2.72. The molecule has 1 rings (SSSR count). The third-order valence-corrected chi connectivity index (χ3v) is 2.96. The van der Waals surface area contributed by atoms with E-state index in [1.54, 1.807) is 14.2 Å². The van der Waals surface area contributed by atoms with Gasteiger partial charge in [0.15, 0.2) is 0 Å². The average molecular weight is 303 g/mol. The number of ether oxygens (including phenoxy) is 2. The Bertz CT molecular complexity index is 337. The van der Waals surface area contributed by atoms with E-state index < -0.39 is 0 Å². The Morgan fingerprint density at radius 2 is 1.88 bits per heavy atom. The van der Waals surface area contributed by atoms with Gasteiger partial charge in [0, 0.05) is 0 Å². The number of rotatable bonds is 3. The number of hydrogen-bond donors (Lipinski definition) is 0. The molecule has 2 atom stereocenters. The maximum Gasteiger partial charge on any atom is 0.209 e. The number of aliphatic imine (C=N–C) groups is 2. The first-order valence-electron chi connectivity index (χ1n) is 5.62. The fourth-order valence-electron chi connectivity index (χ4n) is 1.69. The van der Waals surface area contributed by atoms with Crippen LogP contribution in [0.5, 0.6) is 0 Å². The molecule has 0 fully saturated rings. The van der Waals surface area contributed by atoms with Crippen LogP contribution < -0.4 is 0 Å². The van der Waals surface area contributed by atoms with Gasteiger partial charge in [0.2, 0.25) is 11.8 Å². The predicted molar refractivity (Wildman–Crippen MR) is 74.0 cm³/mol. The maximum atomic E-state index is 5.32. The van der Waals surface area contributed by atoms with Gasteiger partial charge < -0.3 is 9.47 Å². The number of halogens is 1. The Kier molecular flexibility index (Phi) is 5.68. The van der Waals surface area contributed by atoms with Crippen LogP contribution in [0.25, 0.3) is 0 Å². The largest absolute Gasteiger partial charge is 0.483 e. The van der Waals surface area contributed by atoms with Crippen LogP contribution in [0.4, 0.5) is 0 Å². The zero-order chi connectivity index (χ0) is 12.8. The van der Waals surface area contributed by atoms with Crippen molar-refractivity contribution in [2.24, 2.45) is 15.9 Å². The fourth-order valence-corrected chi connectivity index (χ4v) is 1.91. The van der Waals surface area contributed by atoms with Gasteiger partial charge in [0.25, 0.3) is 0 Å². The average Bonchev–Trinajstić information content (AvgIpc) is 2.34. The number of hydrogen-bond acceptors (Lipinski definition) is 4. The third-order valence-electron chi connectivity index (χ3n) is 2.59. The minimum atomic E-state index is -0.0845. The number of methoxy groups -OCH3 is 2. The zero-order valence-electron chi connectivity index (χ0n) is 10.7. The summed E-state index contributed by atoms with van der Waals surface area (Å²) in [5, 5.41) is 0. The van der Waals surface area contributed by atoms with Crippen molar-refractivity contribution in [2.45, 2.75) is 32.4 Å². The molecule has 1 aliphatic rings. The van der Waals surface area contributed by atoms with E-state index in [2.05, 4.69) is 39.8 Å². The lowest BCUT2D eigenvalue weighted by Gasteiger charge is -2.26. The Morgan fingerprint density at radius 1 is 1.24 bits per heavy atom. The second-order valence-electron chi connectivity index (χ2n) is 4.14. The van der Waals surface area contributed by atoms with E-state index >= 15 is 0 Å². The van der Waals surface area contributed by atoms with Crippen LogP contribution in [0.3, 0.4) is 0 Å². The van der Waals surface area contributed by atoms with Crippen molar-refractivity contribution in [2.75, 3.05) is 14.2 Å². The minimum absolute atomic E-state index is 0.0425. The van der Waals surface area contributed by atoms with Crippen molar-refractivity contribution in [1.29, 1.82) is 0 Å². The minimum Gasteiger partial charge on any atom is -0.483 e. The summed E-state index contributed by atoms with van der Waals surface area (Å²) in [7, 11) is 3.27. The Balaban J connectivity index is 2.93. The summed E-state index contributed by atoms with van der Waals surface area (Å²) >= 11 is 3.24. The molecule has 0 aromatic rings. The molecular formula is C12H19BrN2O2.